The van der Waals surface area contributed by atoms with Gasteiger partial charge in [-0.2, -0.15) is 14.9 Å². The van der Waals surface area contributed by atoms with Crippen LogP contribution < -0.4 is 0 Å². The first-order chi connectivity index (χ1) is 10.6. The summed E-state index contributed by atoms with van der Waals surface area (Å²) in [5, 5.41) is 22.3. The van der Waals surface area contributed by atoms with E-state index in [4.69, 9.17) is 12.2 Å². The number of benzene rings is 1. The van der Waals surface area contributed by atoms with Crippen LogP contribution in [0.1, 0.15) is 44.0 Å². The third-order valence-electron chi connectivity index (χ3n) is 3.47. The average Bonchev–Trinajstić information content (AvgIpc) is 2.88. The van der Waals surface area contributed by atoms with Crippen molar-refractivity contribution in [3.63, 3.8) is 0 Å². The first-order valence-electron chi connectivity index (χ1n) is 7.03. The fourth-order valence-corrected chi connectivity index (χ4v) is 2.40. The first-order valence-corrected chi connectivity index (χ1v) is 7.44. The number of hydrogen-bond donors (Lipinski definition) is 1. The lowest BCUT2D eigenvalue weighted by Crippen LogP contribution is -2.05. The van der Waals surface area contributed by atoms with Gasteiger partial charge in [-0.3, -0.25) is 15.2 Å². The number of H-pyrrole nitrogens is 1. The van der Waals surface area contributed by atoms with Crippen LogP contribution in [0.25, 0.3) is 0 Å². The summed E-state index contributed by atoms with van der Waals surface area (Å²) < 4.78 is 1.90. The van der Waals surface area contributed by atoms with Crippen LogP contribution in [0.4, 0.5) is 5.69 Å². The van der Waals surface area contributed by atoms with E-state index >= 15 is 0 Å². The molecule has 0 bridgehead atoms. The summed E-state index contributed by atoms with van der Waals surface area (Å²) in [5.41, 5.74) is 0.427. The van der Waals surface area contributed by atoms with Gasteiger partial charge in [-0.1, -0.05) is 26.0 Å². The quantitative estimate of drug-likeness (QED) is 0.381. The van der Waals surface area contributed by atoms with Crippen molar-refractivity contribution < 1.29 is 4.92 Å². The molecule has 116 valence electrons. The number of nitrogens with zero attached hydrogens (tertiary/aromatic N) is 4. The fourth-order valence-electron chi connectivity index (χ4n) is 2.22. The molecule has 0 aliphatic rings. The van der Waals surface area contributed by atoms with Gasteiger partial charge in [0.05, 0.1) is 16.7 Å². The first kappa shape index (κ1) is 16.0. The van der Waals surface area contributed by atoms with Crippen LogP contribution in [0.2, 0.25) is 0 Å². The largest absolute Gasteiger partial charge is 0.278 e. The maximum Gasteiger partial charge on any atom is 0.278 e. The average molecular weight is 319 g/mol. The molecule has 1 N–H and O–H groups in total. The third kappa shape index (κ3) is 3.28. The number of para-hydroxylation sites is 1. The van der Waals surface area contributed by atoms with Gasteiger partial charge in [0.2, 0.25) is 4.77 Å². The van der Waals surface area contributed by atoms with E-state index in [0.717, 1.165) is 18.7 Å². The molecule has 0 saturated carbocycles. The van der Waals surface area contributed by atoms with Crippen molar-refractivity contribution in [3.05, 3.63) is 50.5 Å². The van der Waals surface area contributed by atoms with Crippen molar-refractivity contribution >= 4 is 24.1 Å². The summed E-state index contributed by atoms with van der Waals surface area (Å²) in [4.78, 5) is 10.6. The molecule has 0 saturated heterocycles. The Kier molecular flexibility index (Phi) is 5.16. The molecule has 0 amide bonds. The molecule has 0 aliphatic carbocycles. The van der Waals surface area contributed by atoms with Gasteiger partial charge >= 0.3 is 0 Å². The van der Waals surface area contributed by atoms with E-state index in [1.807, 2.05) is 0 Å². The number of aromatic amines is 1. The second-order valence-corrected chi connectivity index (χ2v) is 5.16. The number of rotatable bonds is 6. The van der Waals surface area contributed by atoms with Crippen LogP contribution in [-0.2, 0) is 0 Å². The van der Waals surface area contributed by atoms with Crippen LogP contribution in [0, 0.1) is 14.9 Å². The number of hydrogen-bond acceptors (Lipinski definition) is 5. The topological polar surface area (TPSA) is 89.1 Å². The van der Waals surface area contributed by atoms with Gasteiger partial charge in [0, 0.05) is 12.0 Å². The Balaban J connectivity index is 2.42. The molecule has 8 heteroatoms. The summed E-state index contributed by atoms with van der Waals surface area (Å²) in [6, 6.07) is 6.43. The zero-order valence-corrected chi connectivity index (χ0v) is 13.2. The highest BCUT2D eigenvalue weighted by Gasteiger charge is 2.15. The smallest absolute Gasteiger partial charge is 0.258 e. The van der Waals surface area contributed by atoms with Crippen LogP contribution in [0.3, 0.4) is 0 Å². The highest BCUT2D eigenvalue weighted by molar-refractivity contribution is 7.71. The molecule has 1 heterocycles. The van der Waals surface area contributed by atoms with Gasteiger partial charge in [-0.15, -0.1) is 0 Å². The van der Waals surface area contributed by atoms with Crippen molar-refractivity contribution in [1.29, 1.82) is 0 Å². The Morgan fingerprint density at radius 2 is 2.14 bits per heavy atom. The number of nitro groups is 1. The highest BCUT2D eigenvalue weighted by Crippen LogP contribution is 2.21. The lowest BCUT2D eigenvalue weighted by molar-refractivity contribution is -0.385. The number of nitrogens with one attached hydrogen (secondary N) is 1. The zero-order valence-electron chi connectivity index (χ0n) is 12.4. The van der Waals surface area contributed by atoms with E-state index in [1.54, 1.807) is 18.2 Å². The van der Waals surface area contributed by atoms with Crippen molar-refractivity contribution in [2.75, 3.05) is 0 Å². The van der Waals surface area contributed by atoms with E-state index in [1.165, 1.54) is 17.0 Å². The van der Waals surface area contributed by atoms with Crippen LogP contribution in [0.5, 0.6) is 0 Å². The lowest BCUT2D eigenvalue weighted by atomic mass is 10.0. The van der Waals surface area contributed by atoms with Gasteiger partial charge in [0.25, 0.3) is 5.69 Å². The Morgan fingerprint density at radius 3 is 2.77 bits per heavy atom. The summed E-state index contributed by atoms with van der Waals surface area (Å²) in [6.07, 6.45) is 3.27. The van der Waals surface area contributed by atoms with Crippen molar-refractivity contribution in [2.24, 2.45) is 5.10 Å². The molecule has 0 unspecified atom stereocenters. The predicted octanol–water partition coefficient (Wildman–Crippen LogP) is 3.63. The summed E-state index contributed by atoms with van der Waals surface area (Å²) >= 11 is 5.18. The van der Waals surface area contributed by atoms with Gasteiger partial charge in [0.1, 0.15) is 0 Å². The van der Waals surface area contributed by atoms with Gasteiger partial charge in [0.15, 0.2) is 5.82 Å². The molecule has 1 aromatic heterocycles. The van der Waals surface area contributed by atoms with Crippen molar-refractivity contribution in [1.82, 2.24) is 14.9 Å². The van der Waals surface area contributed by atoms with Crippen molar-refractivity contribution in [2.45, 2.75) is 32.6 Å². The Labute approximate surface area is 132 Å². The zero-order chi connectivity index (χ0) is 16.1. The molecule has 2 rings (SSSR count). The monoisotopic (exact) mass is 319 g/mol. The van der Waals surface area contributed by atoms with Crippen molar-refractivity contribution in [3.8, 4) is 0 Å². The van der Waals surface area contributed by atoms with Gasteiger partial charge in [-0.25, -0.2) is 0 Å². The second-order valence-electron chi connectivity index (χ2n) is 4.77. The Hall–Kier alpha value is -2.35. The Bertz CT molecular complexity index is 746. The van der Waals surface area contributed by atoms with E-state index in [0.29, 0.717) is 10.3 Å². The molecule has 0 fully saturated rings. The van der Waals surface area contributed by atoms with Crippen LogP contribution >= 0.6 is 12.2 Å². The second kappa shape index (κ2) is 7.08. The summed E-state index contributed by atoms with van der Waals surface area (Å²) in [5.74, 6) is 0.973. The fraction of sp³-hybridized carbons (Fsp3) is 0.357. The molecule has 7 nitrogen and oxygen atoms in total. The molecular formula is C14H17N5O2S. The number of aromatic nitrogens is 3. The highest BCUT2D eigenvalue weighted by atomic mass is 32.1. The normalized spacial score (nSPS) is 11.4. The molecule has 1 aromatic carbocycles. The van der Waals surface area contributed by atoms with Gasteiger partial charge in [-0.05, 0) is 31.1 Å². The summed E-state index contributed by atoms with van der Waals surface area (Å²) in [6.45, 7) is 4.14. The van der Waals surface area contributed by atoms with E-state index < -0.39 is 4.92 Å². The minimum atomic E-state index is -0.433. The lowest BCUT2D eigenvalue weighted by Gasteiger charge is -2.10. The number of nitro benzene ring substituents is 1. The van der Waals surface area contributed by atoms with Gasteiger partial charge < -0.3 is 0 Å². The van der Waals surface area contributed by atoms with E-state index in [2.05, 4.69) is 29.1 Å². The molecular weight excluding hydrogens is 302 g/mol. The van der Waals surface area contributed by atoms with Crippen LogP contribution in [-0.4, -0.2) is 26.0 Å². The Morgan fingerprint density at radius 1 is 1.45 bits per heavy atom. The molecule has 0 aliphatic heterocycles. The predicted molar refractivity (Wildman–Crippen MR) is 86.8 cm³/mol. The van der Waals surface area contributed by atoms with E-state index in [9.17, 15) is 10.1 Å². The standard InChI is InChI=1S/C14H17N5O2S/c1-3-10(4-2)13-16-17-14(22)18(13)15-9-11-7-5-6-8-12(11)19(20)21/h5-10H,3-4H2,1-2H3,(H,17,22)/b15-9-. The van der Waals surface area contributed by atoms with Crippen LogP contribution in [0.15, 0.2) is 29.4 Å². The minimum Gasteiger partial charge on any atom is -0.258 e. The minimum absolute atomic E-state index is 0.00495. The summed E-state index contributed by atoms with van der Waals surface area (Å²) in [7, 11) is 0. The maximum absolute atomic E-state index is 11.0. The third-order valence-corrected chi connectivity index (χ3v) is 3.74. The molecule has 22 heavy (non-hydrogen) atoms. The molecule has 0 atom stereocenters. The maximum atomic E-state index is 11.0. The van der Waals surface area contributed by atoms with E-state index in [-0.39, 0.29) is 11.6 Å². The molecule has 0 spiro atoms. The SMILES string of the molecule is CCC(CC)c1n[nH]c(=S)n1/N=C\c1ccccc1[N+](=O)[O-]. The molecule has 2 aromatic rings. The molecule has 0 radical (unpaired) electrons.